The van der Waals surface area contributed by atoms with Crippen LogP contribution in [0.4, 0.5) is 11.4 Å². The normalized spacial score (nSPS) is 11.3. The quantitative estimate of drug-likeness (QED) is 0.724. The molecule has 0 spiro atoms. The van der Waals surface area contributed by atoms with Crippen molar-refractivity contribution in [3.8, 4) is 0 Å². The molecule has 0 aliphatic rings. The van der Waals surface area contributed by atoms with Crippen LogP contribution in [0.5, 0.6) is 0 Å². The summed E-state index contributed by atoms with van der Waals surface area (Å²) in [6, 6.07) is 8.78. The van der Waals surface area contributed by atoms with Crippen LogP contribution in [0.3, 0.4) is 0 Å². The highest BCUT2D eigenvalue weighted by molar-refractivity contribution is 9.10. The maximum absolute atomic E-state index is 11.0. The van der Waals surface area contributed by atoms with Gasteiger partial charge in [0.1, 0.15) is 4.34 Å². The molecular weight excluding hydrogens is 386 g/mol. The summed E-state index contributed by atoms with van der Waals surface area (Å²) in [5.74, 6) is 0. The van der Waals surface area contributed by atoms with E-state index in [2.05, 4.69) is 26.0 Å². The van der Waals surface area contributed by atoms with E-state index >= 15 is 0 Å². The fourth-order valence-corrected chi connectivity index (χ4v) is 3.71. The molecule has 20 heavy (non-hydrogen) atoms. The summed E-state index contributed by atoms with van der Waals surface area (Å²) in [5.41, 5.74) is 1.18. The molecule has 0 radical (unpaired) electrons. The monoisotopic (exact) mass is 395 g/mol. The fraction of sp³-hybridized carbons (Fsp3) is 0.0909. The van der Waals surface area contributed by atoms with E-state index < -0.39 is 10.2 Å². The number of rotatable bonds is 5. The van der Waals surface area contributed by atoms with Crippen molar-refractivity contribution in [2.24, 2.45) is 5.14 Å². The van der Waals surface area contributed by atoms with Gasteiger partial charge in [0.25, 0.3) is 10.2 Å². The zero-order chi connectivity index (χ0) is 14.8. The number of benzene rings is 1. The summed E-state index contributed by atoms with van der Waals surface area (Å²) in [4.78, 5) is 1.06. The highest BCUT2D eigenvalue weighted by atomic mass is 79.9. The predicted molar refractivity (Wildman–Crippen MR) is 87.5 cm³/mol. The molecule has 2 rings (SSSR count). The van der Waals surface area contributed by atoms with E-state index in [4.69, 9.17) is 16.7 Å². The minimum atomic E-state index is -3.76. The minimum Gasteiger partial charge on any atom is -0.380 e. The molecule has 4 N–H and O–H groups in total. The SMILES string of the molecule is NS(=O)(=O)Nc1cccc(NCc2cc(Br)c(Cl)s2)c1. The largest absolute Gasteiger partial charge is 0.380 e. The van der Waals surface area contributed by atoms with E-state index in [1.807, 2.05) is 12.1 Å². The van der Waals surface area contributed by atoms with Gasteiger partial charge in [-0.15, -0.1) is 11.3 Å². The molecule has 0 saturated carbocycles. The van der Waals surface area contributed by atoms with Crippen molar-refractivity contribution >= 4 is 60.5 Å². The zero-order valence-corrected chi connectivity index (χ0v) is 14.0. The van der Waals surface area contributed by atoms with Crippen LogP contribution in [0.15, 0.2) is 34.8 Å². The van der Waals surface area contributed by atoms with Crippen LogP contribution in [0.1, 0.15) is 4.88 Å². The molecule has 0 bridgehead atoms. The summed E-state index contributed by atoms with van der Waals surface area (Å²) in [6.07, 6.45) is 0. The van der Waals surface area contributed by atoms with Crippen molar-refractivity contribution in [2.75, 3.05) is 10.0 Å². The molecule has 0 fully saturated rings. The van der Waals surface area contributed by atoms with Gasteiger partial charge in [-0.3, -0.25) is 4.72 Å². The maximum atomic E-state index is 11.0. The van der Waals surface area contributed by atoms with Gasteiger partial charge in [-0.05, 0) is 40.2 Å². The third-order valence-corrected chi connectivity index (χ3v) is 5.28. The molecule has 0 atom stereocenters. The highest BCUT2D eigenvalue weighted by Crippen LogP contribution is 2.32. The van der Waals surface area contributed by atoms with Crippen LogP contribution in [0.2, 0.25) is 4.34 Å². The predicted octanol–water partition coefficient (Wildman–Crippen LogP) is 3.39. The van der Waals surface area contributed by atoms with E-state index in [1.54, 1.807) is 18.2 Å². The molecule has 0 amide bonds. The second-order valence-electron chi connectivity index (χ2n) is 3.92. The topological polar surface area (TPSA) is 84.2 Å². The van der Waals surface area contributed by atoms with Gasteiger partial charge in [0.2, 0.25) is 0 Å². The van der Waals surface area contributed by atoms with E-state index in [9.17, 15) is 8.42 Å². The molecular formula is C11H11BrClN3O2S2. The van der Waals surface area contributed by atoms with Crippen LogP contribution in [-0.2, 0) is 16.8 Å². The lowest BCUT2D eigenvalue weighted by Crippen LogP contribution is -2.21. The standard InChI is InChI=1S/C11H11BrClN3O2S2/c12-10-5-9(19-11(10)13)6-15-7-2-1-3-8(4-7)16-20(14,17)18/h1-5,15-16H,6H2,(H2,14,17,18). The Labute approximate surface area is 134 Å². The highest BCUT2D eigenvalue weighted by Gasteiger charge is 2.05. The Kier molecular flexibility index (Phi) is 4.92. The van der Waals surface area contributed by atoms with E-state index in [-0.39, 0.29) is 0 Å². The Morgan fingerprint density at radius 3 is 2.60 bits per heavy atom. The Balaban J connectivity index is 2.04. The summed E-state index contributed by atoms with van der Waals surface area (Å²) in [7, 11) is -3.76. The molecule has 0 aliphatic carbocycles. The van der Waals surface area contributed by atoms with Crippen LogP contribution in [0, 0.1) is 0 Å². The average Bonchev–Trinajstić information content (AvgIpc) is 2.65. The molecule has 9 heteroatoms. The summed E-state index contributed by atoms with van der Waals surface area (Å²) in [5, 5.41) is 8.11. The molecule has 5 nitrogen and oxygen atoms in total. The number of hydrogen-bond donors (Lipinski definition) is 3. The average molecular weight is 397 g/mol. The van der Waals surface area contributed by atoms with Gasteiger partial charge in [-0.25, -0.2) is 5.14 Å². The molecule has 1 aromatic heterocycles. The zero-order valence-electron chi connectivity index (χ0n) is 10.1. The van der Waals surface area contributed by atoms with Gasteiger partial charge in [0.15, 0.2) is 0 Å². The van der Waals surface area contributed by atoms with Crippen molar-refractivity contribution in [1.29, 1.82) is 0 Å². The molecule has 2 aromatic rings. The Hall–Kier alpha value is -0.800. The number of thiophene rings is 1. The van der Waals surface area contributed by atoms with E-state index in [1.165, 1.54) is 11.3 Å². The molecule has 0 aliphatic heterocycles. The van der Waals surface area contributed by atoms with E-state index in [0.29, 0.717) is 16.6 Å². The first kappa shape index (κ1) is 15.6. The van der Waals surface area contributed by atoms with Crippen LogP contribution < -0.4 is 15.2 Å². The summed E-state index contributed by atoms with van der Waals surface area (Å²) < 4.78 is 25.7. The van der Waals surface area contributed by atoms with Gasteiger partial charge in [0, 0.05) is 21.6 Å². The van der Waals surface area contributed by atoms with Gasteiger partial charge in [-0.1, -0.05) is 17.7 Å². The molecule has 0 unspecified atom stereocenters. The van der Waals surface area contributed by atoms with Crippen LogP contribution in [-0.4, -0.2) is 8.42 Å². The van der Waals surface area contributed by atoms with Gasteiger partial charge in [-0.2, -0.15) is 8.42 Å². The third kappa shape index (κ3) is 4.64. The first-order valence-electron chi connectivity index (χ1n) is 5.42. The first-order valence-corrected chi connectivity index (χ1v) is 8.95. The van der Waals surface area contributed by atoms with Crippen molar-refractivity contribution in [3.05, 3.63) is 44.0 Å². The number of nitrogens with two attached hydrogens (primary N) is 1. The second kappa shape index (κ2) is 6.31. The smallest absolute Gasteiger partial charge is 0.296 e. The van der Waals surface area contributed by atoms with Crippen LogP contribution >= 0.6 is 38.9 Å². The van der Waals surface area contributed by atoms with Gasteiger partial charge >= 0.3 is 0 Å². The van der Waals surface area contributed by atoms with Gasteiger partial charge < -0.3 is 5.32 Å². The molecule has 0 saturated heterocycles. The number of nitrogens with one attached hydrogen (secondary N) is 2. The number of anilines is 2. The second-order valence-corrected chi connectivity index (χ2v) is 7.80. The van der Waals surface area contributed by atoms with Crippen LogP contribution in [0.25, 0.3) is 0 Å². The van der Waals surface area contributed by atoms with Crippen molar-refractivity contribution in [3.63, 3.8) is 0 Å². The molecule has 108 valence electrons. The lowest BCUT2D eigenvalue weighted by atomic mass is 10.3. The number of hydrogen-bond acceptors (Lipinski definition) is 4. The van der Waals surface area contributed by atoms with Crippen molar-refractivity contribution in [1.82, 2.24) is 0 Å². The van der Waals surface area contributed by atoms with Crippen molar-refractivity contribution < 1.29 is 8.42 Å². The fourth-order valence-electron chi connectivity index (χ4n) is 1.52. The maximum Gasteiger partial charge on any atom is 0.296 e. The molecule has 1 heterocycles. The summed E-state index contributed by atoms with van der Waals surface area (Å²) >= 11 is 10.8. The Morgan fingerprint density at radius 1 is 1.30 bits per heavy atom. The first-order chi connectivity index (χ1) is 9.33. The van der Waals surface area contributed by atoms with E-state index in [0.717, 1.165) is 15.0 Å². The Bertz CT molecular complexity index is 699. The lowest BCUT2D eigenvalue weighted by Gasteiger charge is -2.08. The third-order valence-electron chi connectivity index (χ3n) is 2.29. The minimum absolute atomic E-state index is 0.405. The Morgan fingerprint density at radius 2 is 2.00 bits per heavy atom. The molecule has 1 aromatic carbocycles. The number of halogens is 2. The lowest BCUT2D eigenvalue weighted by molar-refractivity contribution is 0.603. The summed E-state index contributed by atoms with van der Waals surface area (Å²) in [6.45, 7) is 0.592. The van der Waals surface area contributed by atoms with Crippen molar-refractivity contribution in [2.45, 2.75) is 6.54 Å². The van der Waals surface area contributed by atoms with Gasteiger partial charge in [0.05, 0.1) is 5.69 Å².